The third-order valence-electron chi connectivity index (χ3n) is 6.95. The molecule has 5 nitrogen and oxygen atoms in total. The molecule has 1 N–H and O–H groups in total. The molecule has 3 aromatic carbocycles. The van der Waals surface area contributed by atoms with Crippen LogP contribution in [-0.2, 0) is 26.3 Å². The van der Waals surface area contributed by atoms with Crippen molar-refractivity contribution in [1.29, 1.82) is 0 Å². The van der Waals surface area contributed by atoms with Gasteiger partial charge in [-0.2, -0.15) is 0 Å². The van der Waals surface area contributed by atoms with Gasteiger partial charge in [0.05, 0.1) is 5.41 Å². The zero-order valence-electron chi connectivity index (χ0n) is 19.1. The van der Waals surface area contributed by atoms with Crippen LogP contribution in [0.25, 0.3) is 21.8 Å². The number of aryl methyl sites for hydroxylation is 1. The third kappa shape index (κ3) is 3.83. The zero-order chi connectivity index (χ0) is 23.7. The number of ether oxygens (including phenoxy) is 1. The molecule has 1 aliphatic rings. The van der Waals surface area contributed by atoms with Crippen molar-refractivity contribution in [2.45, 2.75) is 44.6 Å². The van der Waals surface area contributed by atoms with E-state index in [9.17, 15) is 14.0 Å². The number of aromatic nitrogens is 1. The van der Waals surface area contributed by atoms with Crippen molar-refractivity contribution < 1.29 is 18.7 Å². The van der Waals surface area contributed by atoms with E-state index in [1.165, 1.54) is 12.1 Å². The number of carbonyl (C=O) groups is 2. The van der Waals surface area contributed by atoms with Gasteiger partial charge < -0.3 is 14.6 Å². The van der Waals surface area contributed by atoms with Crippen LogP contribution in [0.3, 0.4) is 0 Å². The molecule has 5 rings (SSSR count). The van der Waals surface area contributed by atoms with Crippen LogP contribution in [0.2, 0.25) is 0 Å². The molecule has 0 spiro atoms. The van der Waals surface area contributed by atoms with E-state index in [1.807, 2.05) is 30.3 Å². The second-order valence-electron chi connectivity index (χ2n) is 8.91. The topological polar surface area (TPSA) is 60.3 Å². The van der Waals surface area contributed by atoms with Crippen LogP contribution in [0.1, 0.15) is 38.2 Å². The van der Waals surface area contributed by atoms with Crippen molar-refractivity contribution in [3.05, 3.63) is 78.1 Å². The van der Waals surface area contributed by atoms with Gasteiger partial charge in [-0.25, -0.2) is 4.39 Å². The lowest BCUT2D eigenvalue weighted by Crippen LogP contribution is -2.36. The molecule has 1 fully saturated rings. The summed E-state index contributed by atoms with van der Waals surface area (Å²) in [5.41, 5.74) is 2.85. The third-order valence-corrected chi connectivity index (χ3v) is 6.95. The Bertz CT molecular complexity index is 1370. The number of para-hydroxylation sites is 1. The Kier molecular flexibility index (Phi) is 5.82. The van der Waals surface area contributed by atoms with Crippen LogP contribution in [0.4, 0.5) is 10.1 Å². The summed E-state index contributed by atoms with van der Waals surface area (Å²) in [5, 5.41) is 5.05. The summed E-state index contributed by atoms with van der Waals surface area (Å²) in [6, 6.07) is 20.0. The highest BCUT2D eigenvalue weighted by atomic mass is 19.1. The molecule has 0 aliphatic heterocycles. The lowest BCUT2D eigenvalue weighted by atomic mass is 9.79. The second kappa shape index (κ2) is 8.93. The van der Waals surface area contributed by atoms with Crippen molar-refractivity contribution in [2.24, 2.45) is 0 Å². The minimum absolute atomic E-state index is 0.344. The largest absolute Gasteiger partial charge is 0.455 e. The van der Waals surface area contributed by atoms with Crippen molar-refractivity contribution in [2.75, 3.05) is 11.9 Å². The summed E-state index contributed by atoms with van der Waals surface area (Å²) in [7, 11) is 0. The van der Waals surface area contributed by atoms with Gasteiger partial charge in [0.2, 0.25) is 0 Å². The van der Waals surface area contributed by atoms with Crippen LogP contribution >= 0.6 is 0 Å². The number of rotatable bonds is 6. The maximum Gasteiger partial charge on any atom is 0.317 e. The van der Waals surface area contributed by atoms with Crippen molar-refractivity contribution >= 4 is 39.4 Å². The Morgan fingerprint density at radius 1 is 0.971 bits per heavy atom. The highest BCUT2D eigenvalue weighted by Gasteiger charge is 2.44. The molecule has 34 heavy (non-hydrogen) atoms. The van der Waals surface area contributed by atoms with Gasteiger partial charge in [0.15, 0.2) is 6.61 Å². The fourth-order valence-corrected chi connectivity index (χ4v) is 5.30. The van der Waals surface area contributed by atoms with Gasteiger partial charge in [-0.05, 0) is 61.7 Å². The van der Waals surface area contributed by atoms with Crippen LogP contribution in [0.5, 0.6) is 0 Å². The number of nitrogens with one attached hydrogen (secondary N) is 1. The van der Waals surface area contributed by atoms with Gasteiger partial charge in [-0.15, -0.1) is 0 Å². The summed E-state index contributed by atoms with van der Waals surface area (Å²) in [6.45, 7) is 2.59. The molecule has 1 aliphatic carbocycles. The maximum absolute atomic E-state index is 13.4. The predicted molar refractivity (Wildman–Crippen MR) is 131 cm³/mol. The van der Waals surface area contributed by atoms with Gasteiger partial charge in [0, 0.05) is 34.0 Å². The molecule has 0 saturated heterocycles. The molecule has 0 atom stereocenters. The lowest BCUT2D eigenvalue weighted by molar-refractivity contribution is -0.153. The van der Waals surface area contributed by atoms with Gasteiger partial charge in [-0.3, -0.25) is 9.59 Å². The van der Waals surface area contributed by atoms with Gasteiger partial charge in [0.1, 0.15) is 5.82 Å². The number of fused-ring (bicyclic) bond motifs is 3. The lowest BCUT2D eigenvalue weighted by Gasteiger charge is -2.27. The maximum atomic E-state index is 13.4. The number of hydrogen-bond donors (Lipinski definition) is 1. The van der Waals surface area contributed by atoms with E-state index in [1.54, 1.807) is 12.1 Å². The number of halogens is 1. The summed E-state index contributed by atoms with van der Waals surface area (Å²) >= 11 is 0. The number of carbonyl (C=O) groups excluding carboxylic acids is 2. The molecule has 1 heterocycles. The van der Waals surface area contributed by atoms with Crippen molar-refractivity contribution in [1.82, 2.24) is 4.57 Å². The highest BCUT2D eigenvalue weighted by molar-refractivity contribution is 6.09. The Balaban J connectivity index is 1.31. The van der Waals surface area contributed by atoms with E-state index >= 15 is 0 Å². The minimum atomic E-state index is -0.811. The summed E-state index contributed by atoms with van der Waals surface area (Å²) < 4.78 is 21.1. The first-order valence-corrected chi connectivity index (χ1v) is 11.8. The number of hydrogen-bond acceptors (Lipinski definition) is 3. The molecule has 174 valence electrons. The van der Waals surface area contributed by atoms with Crippen LogP contribution < -0.4 is 5.32 Å². The highest BCUT2D eigenvalue weighted by Crippen LogP contribution is 2.42. The molecule has 1 saturated carbocycles. The van der Waals surface area contributed by atoms with E-state index < -0.39 is 11.4 Å². The first-order chi connectivity index (χ1) is 16.5. The number of nitrogens with zero attached hydrogens (tertiary/aromatic N) is 1. The van der Waals surface area contributed by atoms with Crippen LogP contribution in [0, 0.1) is 5.82 Å². The zero-order valence-corrected chi connectivity index (χ0v) is 19.1. The molecule has 1 amide bonds. The smallest absolute Gasteiger partial charge is 0.317 e. The average molecular weight is 459 g/mol. The summed E-state index contributed by atoms with van der Waals surface area (Å²) in [5.74, 6) is -1.16. The number of anilines is 1. The van der Waals surface area contributed by atoms with E-state index in [2.05, 4.69) is 28.9 Å². The van der Waals surface area contributed by atoms with Crippen LogP contribution in [-0.4, -0.2) is 23.1 Å². The number of esters is 1. The first-order valence-electron chi connectivity index (χ1n) is 11.8. The molecular weight excluding hydrogens is 431 g/mol. The van der Waals surface area contributed by atoms with E-state index in [-0.39, 0.29) is 18.3 Å². The number of amides is 1. The molecule has 0 bridgehead atoms. The monoisotopic (exact) mass is 458 g/mol. The molecule has 0 radical (unpaired) electrons. The molecular formula is C28H27FN2O3. The Hall–Kier alpha value is -3.67. The summed E-state index contributed by atoms with van der Waals surface area (Å²) in [4.78, 5) is 25.7. The molecule has 0 unspecified atom stereocenters. The quantitative estimate of drug-likeness (QED) is 0.363. The van der Waals surface area contributed by atoms with E-state index in [0.717, 1.165) is 46.8 Å². The first kappa shape index (κ1) is 22.1. The normalized spacial score (nSPS) is 15.0. The fourth-order valence-electron chi connectivity index (χ4n) is 5.30. The van der Waals surface area contributed by atoms with Gasteiger partial charge in [0.25, 0.3) is 5.91 Å². The SMILES string of the molecule is CCn1c2ccccc2c2cc(NC(=O)COC(=O)C3(c4ccc(F)cc4)CCCC3)ccc21. The summed E-state index contributed by atoms with van der Waals surface area (Å²) in [6.07, 6.45) is 3.06. The van der Waals surface area contributed by atoms with Crippen molar-refractivity contribution in [3.63, 3.8) is 0 Å². The fraction of sp³-hybridized carbons (Fsp3) is 0.286. The van der Waals surface area contributed by atoms with Crippen LogP contribution in [0.15, 0.2) is 66.7 Å². The molecule has 6 heteroatoms. The Morgan fingerprint density at radius 2 is 1.68 bits per heavy atom. The average Bonchev–Trinajstić information content (AvgIpc) is 3.47. The molecule has 4 aromatic rings. The number of benzene rings is 3. The van der Waals surface area contributed by atoms with Gasteiger partial charge in [-0.1, -0.05) is 43.2 Å². The van der Waals surface area contributed by atoms with Crippen molar-refractivity contribution in [3.8, 4) is 0 Å². The second-order valence-corrected chi connectivity index (χ2v) is 8.91. The minimum Gasteiger partial charge on any atom is -0.455 e. The Labute approximate surface area is 197 Å². The van der Waals surface area contributed by atoms with E-state index in [4.69, 9.17) is 4.74 Å². The standard InChI is InChI=1S/C28H27FN2O3/c1-2-31-24-8-4-3-7-22(24)23-17-21(13-14-25(23)31)30-26(32)18-34-27(33)28(15-5-6-16-28)19-9-11-20(29)12-10-19/h3-4,7-14,17H,2,5-6,15-16,18H2,1H3,(H,30,32). The predicted octanol–water partition coefficient (Wildman–Crippen LogP) is 5.95. The molecule has 1 aromatic heterocycles. The van der Waals surface area contributed by atoms with E-state index in [0.29, 0.717) is 18.5 Å². The Morgan fingerprint density at radius 3 is 2.41 bits per heavy atom. The van der Waals surface area contributed by atoms with Gasteiger partial charge >= 0.3 is 5.97 Å².